The van der Waals surface area contributed by atoms with E-state index in [4.69, 9.17) is 9.47 Å². The van der Waals surface area contributed by atoms with Gasteiger partial charge >= 0.3 is 11.9 Å². The number of aliphatic hydroxyl groups excluding tert-OH is 2. The number of carbonyl (C=O) groups excluding carboxylic acids is 2. The lowest BCUT2D eigenvalue weighted by molar-refractivity contribution is -0.147. The Bertz CT molecular complexity index is 684. The standard InChI is InChI=1S/C20H26O6/c1-5-14(10-21)20(24)26-17-9-12(3)7-15(22)6-11(2)8-16-18(17)13(4)19(23)25-16/h5,7-8,15-18,21-22H,4,6,9-10H2,1-3H3/b11-8-,12-7-,14-5+. The summed E-state index contributed by atoms with van der Waals surface area (Å²) < 4.78 is 11.0. The predicted molar refractivity (Wildman–Crippen MR) is 96.0 cm³/mol. The number of hydrogen-bond donors (Lipinski definition) is 2. The van der Waals surface area contributed by atoms with Crippen LogP contribution in [0.25, 0.3) is 0 Å². The van der Waals surface area contributed by atoms with Gasteiger partial charge in [0.1, 0.15) is 12.2 Å². The maximum atomic E-state index is 12.3. The summed E-state index contributed by atoms with van der Waals surface area (Å²) in [6, 6.07) is 0. The molecular weight excluding hydrogens is 336 g/mol. The second kappa shape index (κ2) is 8.47. The number of ether oxygens (including phenoxy) is 2. The van der Waals surface area contributed by atoms with Gasteiger partial charge < -0.3 is 19.7 Å². The van der Waals surface area contributed by atoms with E-state index in [-0.39, 0.29) is 11.1 Å². The lowest BCUT2D eigenvalue weighted by Gasteiger charge is -2.28. The van der Waals surface area contributed by atoms with Crippen molar-refractivity contribution < 1.29 is 29.3 Å². The monoisotopic (exact) mass is 362 g/mol. The Labute approximate surface area is 153 Å². The van der Waals surface area contributed by atoms with Gasteiger partial charge in [0.15, 0.2) is 0 Å². The van der Waals surface area contributed by atoms with Gasteiger partial charge in [0, 0.05) is 12.0 Å². The molecule has 1 fully saturated rings. The molecule has 0 radical (unpaired) electrons. The van der Waals surface area contributed by atoms with Crippen molar-refractivity contribution in [3.63, 3.8) is 0 Å². The molecule has 1 saturated heterocycles. The summed E-state index contributed by atoms with van der Waals surface area (Å²) >= 11 is 0. The summed E-state index contributed by atoms with van der Waals surface area (Å²) in [7, 11) is 0. The highest BCUT2D eigenvalue weighted by molar-refractivity contribution is 5.92. The minimum atomic E-state index is -0.696. The Morgan fingerprint density at radius 3 is 2.62 bits per heavy atom. The van der Waals surface area contributed by atoms with Crippen LogP contribution in [-0.4, -0.2) is 47.1 Å². The highest BCUT2D eigenvalue weighted by Crippen LogP contribution is 2.36. The van der Waals surface area contributed by atoms with Crippen molar-refractivity contribution >= 4 is 11.9 Å². The number of aliphatic hydroxyl groups is 2. The normalized spacial score (nSPS) is 34.1. The van der Waals surface area contributed by atoms with Gasteiger partial charge in [-0.25, -0.2) is 9.59 Å². The fraction of sp³-hybridized carbons (Fsp3) is 0.500. The second-order valence-corrected chi connectivity index (χ2v) is 6.84. The highest BCUT2D eigenvalue weighted by atomic mass is 16.6. The second-order valence-electron chi connectivity index (χ2n) is 6.84. The van der Waals surface area contributed by atoms with Crippen LogP contribution in [-0.2, 0) is 19.1 Å². The van der Waals surface area contributed by atoms with Crippen LogP contribution in [0.2, 0.25) is 0 Å². The zero-order chi connectivity index (χ0) is 19.4. The molecule has 2 N–H and O–H groups in total. The quantitative estimate of drug-likeness (QED) is 0.453. The predicted octanol–water partition coefficient (Wildman–Crippen LogP) is 1.98. The van der Waals surface area contributed by atoms with Crippen LogP contribution in [0, 0.1) is 5.92 Å². The number of fused-ring (bicyclic) bond motifs is 1. The van der Waals surface area contributed by atoms with Gasteiger partial charge in [-0.05, 0) is 33.3 Å². The average Bonchev–Trinajstić information content (AvgIpc) is 2.81. The number of rotatable bonds is 3. The Balaban J connectivity index is 2.41. The summed E-state index contributed by atoms with van der Waals surface area (Å²) in [6.45, 7) is 8.72. The third-order valence-corrected chi connectivity index (χ3v) is 4.68. The third kappa shape index (κ3) is 4.51. The van der Waals surface area contributed by atoms with E-state index in [0.717, 1.165) is 11.1 Å². The molecule has 0 spiro atoms. The molecule has 0 aromatic rings. The van der Waals surface area contributed by atoms with E-state index >= 15 is 0 Å². The maximum Gasteiger partial charge on any atom is 0.336 e. The fourth-order valence-electron chi connectivity index (χ4n) is 3.36. The lowest BCUT2D eigenvalue weighted by atomic mass is 9.85. The van der Waals surface area contributed by atoms with Gasteiger partial charge in [-0.3, -0.25) is 0 Å². The molecule has 1 heterocycles. The third-order valence-electron chi connectivity index (χ3n) is 4.68. The summed E-state index contributed by atoms with van der Waals surface area (Å²) in [5.74, 6) is -1.67. The Morgan fingerprint density at radius 2 is 2.00 bits per heavy atom. The van der Waals surface area contributed by atoms with Crippen molar-refractivity contribution in [1.82, 2.24) is 0 Å². The lowest BCUT2D eigenvalue weighted by Crippen LogP contribution is -2.34. The van der Waals surface area contributed by atoms with Gasteiger partial charge in [0.2, 0.25) is 0 Å². The average molecular weight is 362 g/mol. The molecule has 4 unspecified atom stereocenters. The summed E-state index contributed by atoms with van der Waals surface area (Å²) in [5.41, 5.74) is 2.11. The molecule has 0 bridgehead atoms. The van der Waals surface area contributed by atoms with Crippen molar-refractivity contribution in [3.8, 4) is 0 Å². The Hall–Kier alpha value is -2.18. The van der Waals surface area contributed by atoms with Crippen LogP contribution >= 0.6 is 0 Å². The van der Waals surface area contributed by atoms with Crippen molar-refractivity contribution in [1.29, 1.82) is 0 Å². The largest absolute Gasteiger partial charge is 0.458 e. The molecule has 1 aliphatic carbocycles. The minimum Gasteiger partial charge on any atom is -0.458 e. The highest BCUT2D eigenvalue weighted by Gasteiger charge is 2.44. The molecule has 0 aromatic heterocycles. The molecule has 4 atom stereocenters. The van der Waals surface area contributed by atoms with Gasteiger partial charge in [-0.15, -0.1) is 0 Å². The first-order valence-electron chi connectivity index (χ1n) is 8.66. The van der Waals surface area contributed by atoms with Crippen LogP contribution in [0.1, 0.15) is 33.6 Å². The smallest absolute Gasteiger partial charge is 0.336 e. The van der Waals surface area contributed by atoms with Crippen LogP contribution in [0.4, 0.5) is 0 Å². The summed E-state index contributed by atoms with van der Waals surface area (Å²) in [6.07, 6.45) is 3.79. The molecule has 26 heavy (non-hydrogen) atoms. The summed E-state index contributed by atoms with van der Waals surface area (Å²) in [4.78, 5) is 24.4. The van der Waals surface area contributed by atoms with Crippen molar-refractivity contribution in [2.75, 3.05) is 6.61 Å². The van der Waals surface area contributed by atoms with Crippen LogP contribution in [0.15, 0.2) is 47.1 Å². The fourth-order valence-corrected chi connectivity index (χ4v) is 3.36. The SMILES string of the molecule is C=C1C(=O)OC2/C=C(/C)CC(O)/C=C(/C)CC(OC(=O)/C(=C/C)CO)C12. The van der Waals surface area contributed by atoms with E-state index in [1.165, 1.54) is 6.08 Å². The molecule has 2 rings (SSSR count). The molecule has 0 saturated carbocycles. The first-order chi connectivity index (χ1) is 12.3. The molecule has 2 aliphatic rings. The van der Waals surface area contributed by atoms with Crippen LogP contribution in [0.3, 0.4) is 0 Å². The first-order valence-corrected chi connectivity index (χ1v) is 8.66. The van der Waals surface area contributed by atoms with E-state index in [1.54, 1.807) is 19.1 Å². The Kier molecular flexibility index (Phi) is 6.56. The van der Waals surface area contributed by atoms with Crippen molar-refractivity contribution in [2.45, 2.75) is 51.9 Å². The molecule has 142 valence electrons. The van der Waals surface area contributed by atoms with Crippen LogP contribution < -0.4 is 0 Å². The Morgan fingerprint density at radius 1 is 1.35 bits per heavy atom. The molecular formula is C20H26O6. The van der Waals surface area contributed by atoms with Gasteiger partial charge in [0.25, 0.3) is 0 Å². The number of carbonyl (C=O) groups is 2. The van der Waals surface area contributed by atoms with Crippen molar-refractivity contribution in [3.05, 3.63) is 47.1 Å². The zero-order valence-corrected chi connectivity index (χ0v) is 15.4. The van der Waals surface area contributed by atoms with E-state index < -0.39 is 42.8 Å². The first kappa shape index (κ1) is 20.1. The number of hydrogen-bond acceptors (Lipinski definition) is 6. The van der Waals surface area contributed by atoms with Crippen LogP contribution in [0.5, 0.6) is 0 Å². The minimum absolute atomic E-state index is 0.142. The molecule has 6 nitrogen and oxygen atoms in total. The topological polar surface area (TPSA) is 93.1 Å². The van der Waals surface area contributed by atoms with Gasteiger partial charge in [0.05, 0.1) is 24.2 Å². The van der Waals surface area contributed by atoms with Gasteiger partial charge in [-0.2, -0.15) is 0 Å². The molecule has 6 heteroatoms. The summed E-state index contributed by atoms with van der Waals surface area (Å²) in [5, 5.41) is 19.4. The van der Waals surface area contributed by atoms with Crippen molar-refractivity contribution in [2.24, 2.45) is 5.92 Å². The molecule has 0 amide bonds. The van der Waals surface area contributed by atoms with E-state index in [1.807, 2.05) is 13.8 Å². The van der Waals surface area contributed by atoms with Gasteiger partial charge in [-0.1, -0.05) is 29.9 Å². The maximum absolute atomic E-state index is 12.3. The molecule has 0 aromatic carbocycles. The van der Waals surface area contributed by atoms with E-state index in [2.05, 4.69) is 6.58 Å². The van der Waals surface area contributed by atoms with E-state index in [9.17, 15) is 19.8 Å². The van der Waals surface area contributed by atoms with E-state index in [0.29, 0.717) is 12.8 Å². The number of allylic oxidation sites excluding steroid dienone is 1. The molecule has 1 aliphatic heterocycles. The number of esters is 2. The zero-order valence-electron chi connectivity index (χ0n) is 15.4.